The summed E-state index contributed by atoms with van der Waals surface area (Å²) in [6.45, 7) is 5.33. The Bertz CT molecular complexity index is 1410. The molecule has 7 nitrogen and oxygen atoms in total. The topological polar surface area (TPSA) is 83.0 Å². The average molecular weight is 495 g/mol. The van der Waals surface area contributed by atoms with Crippen LogP contribution in [0.25, 0.3) is 33.3 Å². The van der Waals surface area contributed by atoms with Gasteiger partial charge in [0.15, 0.2) is 0 Å². The number of fused-ring (bicyclic) bond motifs is 1. The predicted molar refractivity (Wildman–Crippen MR) is 131 cm³/mol. The standard InChI is InChI=1S/C27H28F2N4O3/c1-16-23(17(2)36-32-16)19-11-22-24(31-13-19)20(18-5-6-21(30-12-18)25(34)35-4)14-33(22)15-27(29)9-7-26(3,28)8-10-27/h5-6,11-14H,7-10,15H2,1-4H3. The first-order valence-electron chi connectivity index (χ1n) is 11.9. The molecule has 0 unspecified atom stereocenters. The quantitative estimate of drug-likeness (QED) is 0.309. The van der Waals surface area contributed by atoms with Crippen molar-refractivity contribution < 1.29 is 22.8 Å². The van der Waals surface area contributed by atoms with Gasteiger partial charge in [-0.1, -0.05) is 11.2 Å². The highest BCUT2D eigenvalue weighted by Gasteiger charge is 2.41. The predicted octanol–water partition coefficient (Wildman–Crippen LogP) is 6.17. The van der Waals surface area contributed by atoms with Crippen LogP contribution in [-0.2, 0) is 11.3 Å². The number of nitrogens with zero attached hydrogens (tertiary/aromatic N) is 4. The monoisotopic (exact) mass is 494 g/mol. The number of halogens is 2. The van der Waals surface area contributed by atoms with E-state index in [4.69, 9.17) is 14.2 Å². The number of pyridine rings is 2. The van der Waals surface area contributed by atoms with E-state index in [1.807, 2.05) is 30.7 Å². The molecule has 0 spiro atoms. The first-order valence-corrected chi connectivity index (χ1v) is 11.9. The molecule has 9 heteroatoms. The highest BCUT2D eigenvalue weighted by molar-refractivity contribution is 5.95. The number of hydrogen-bond donors (Lipinski definition) is 0. The highest BCUT2D eigenvalue weighted by atomic mass is 19.1. The van der Waals surface area contributed by atoms with Crippen molar-refractivity contribution in [3.63, 3.8) is 0 Å². The van der Waals surface area contributed by atoms with Crippen molar-refractivity contribution in [3.05, 3.63) is 53.9 Å². The van der Waals surface area contributed by atoms with Crippen LogP contribution in [0.4, 0.5) is 8.78 Å². The molecule has 188 valence electrons. The fourth-order valence-electron chi connectivity index (χ4n) is 5.00. The van der Waals surface area contributed by atoms with Gasteiger partial charge in [-0.05, 0) is 58.6 Å². The van der Waals surface area contributed by atoms with Crippen LogP contribution in [0.5, 0.6) is 0 Å². The second-order valence-corrected chi connectivity index (χ2v) is 9.95. The Hall–Kier alpha value is -3.62. The molecule has 36 heavy (non-hydrogen) atoms. The fourth-order valence-corrected chi connectivity index (χ4v) is 5.00. The molecule has 1 aliphatic carbocycles. The first-order chi connectivity index (χ1) is 17.1. The van der Waals surface area contributed by atoms with Crippen molar-refractivity contribution in [1.29, 1.82) is 0 Å². The summed E-state index contributed by atoms with van der Waals surface area (Å²) in [6.07, 6.45) is 5.87. The van der Waals surface area contributed by atoms with Gasteiger partial charge in [-0.15, -0.1) is 0 Å². The maximum absolute atomic E-state index is 15.9. The maximum atomic E-state index is 15.9. The van der Waals surface area contributed by atoms with Crippen LogP contribution < -0.4 is 0 Å². The lowest BCUT2D eigenvalue weighted by Gasteiger charge is -2.36. The Kier molecular flexibility index (Phi) is 5.89. The molecular formula is C27H28F2N4O3. The molecule has 4 aromatic rings. The van der Waals surface area contributed by atoms with Gasteiger partial charge in [0.2, 0.25) is 0 Å². The molecule has 1 aliphatic rings. The number of methoxy groups -OCH3 is 1. The third-order valence-electron chi connectivity index (χ3n) is 7.15. The highest BCUT2D eigenvalue weighted by Crippen LogP contribution is 2.42. The number of esters is 1. The number of carbonyl (C=O) groups excluding carboxylic acids is 1. The average Bonchev–Trinajstić information content (AvgIpc) is 3.39. The molecule has 0 bridgehead atoms. The van der Waals surface area contributed by atoms with Gasteiger partial charge in [-0.25, -0.2) is 18.6 Å². The number of rotatable bonds is 5. The number of ether oxygens (including phenoxy) is 1. The van der Waals surface area contributed by atoms with Gasteiger partial charge in [0.25, 0.3) is 0 Å². The summed E-state index contributed by atoms with van der Waals surface area (Å²) in [6, 6.07) is 5.31. The van der Waals surface area contributed by atoms with E-state index in [9.17, 15) is 9.18 Å². The zero-order valence-electron chi connectivity index (χ0n) is 20.8. The largest absolute Gasteiger partial charge is 0.464 e. The Morgan fingerprint density at radius 3 is 2.44 bits per heavy atom. The summed E-state index contributed by atoms with van der Waals surface area (Å²) >= 11 is 0. The minimum absolute atomic E-state index is 0.0833. The van der Waals surface area contributed by atoms with Gasteiger partial charge < -0.3 is 13.8 Å². The summed E-state index contributed by atoms with van der Waals surface area (Å²) in [5.41, 5.74) is 2.65. The number of alkyl halides is 2. The lowest BCUT2D eigenvalue weighted by atomic mass is 9.79. The zero-order valence-corrected chi connectivity index (χ0v) is 20.8. The number of aromatic nitrogens is 4. The summed E-state index contributed by atoms with van der Waals surface area (Å²) in [7, 11) is 1.30. The molecule has 0 amide bonds. The summed E-state index contributed by atoms with van der Waals surface area (Å²) in [4.78, 5) is 20.8. The maximum Gasteiger partial charge on any atom is 0.356 e. The van der Waals surface area contributed by atoms with E-state index >= 15 is 4.39 Å². The Labute approximate surface area is 207 Å². The molecule has 0 aliphatic heterocycles. The first kappa shape index (κ1) is 24.1. The Balaban J connectivity index is 1.61. The lowest BCUT2D eigenvalue weighted by Crippen LogP contribution is -2.38. The Morgan fingerprint density at radius 1 is 1.11 bits per heavy atom. The molecule has 0 saturated heterocycles. The minimum atomic E-state index is -1.53. The van der Waals surface area contributed by atoms with E-state index in [1.165, 1.54) is 7.11 Å². The van der Waals surface area contributed by atoms with Crippen LogP contribution in [0.2, 0.25) is 0 Å². The summed E-state index contributed by atoms with van der Waals surface area (Å²) in [5.74, 6) is 0.147. The molecule has 4 heterocycles. The van der Waals surface area contributed by atoms with Gasteiger partial charge in [0, 0.05) is 40.8 Å². The van der Waals surface area contributed by atoms with Crippen molar-refractivity contribution in [2.24, 2.45) is 0 Å². The van der Waals surface area contributed by atoms with Crippen LogP contribution in [0.1, 0.15) is 54.5 Å². The van der Waals surface area contributed by atoms with Crippen LogP contribution >= 0.6 is 0 Å². The number of hydrogen-bond acceptors (Lipinski definition) is 6. The smallest absolute Gasteiger partial charge is 0.356 e. The van der Waals surface area contributed by atoms with E-state index in [0.717, 1.165) is 33.5 Å². The molecule has 4 aromatic heterocycles. The second-order valence-electron chi connectivity index (χ2n) is 9.95. The van der Waals surface area contributed by atoms with E-state index in [2.05, 4.69) is 10.1 Å². The third kappa shape index (κ3) is 4.38. The van der Waals surface area contributed by atoms with Crippen LogP contribution in [0, 0.1) is 13.8 Å². The summed E-state index contributed by atoms with van der Waals surface area (Å²) in [5, 5.41) is 4.04. The molecule has 1 saturated carbocycles. The van der Waals surface area contributed by atoms with E-state index in [-0.39, 0.29) is 37.9 Å². The van der Waals surface area contributed by atoms with Crippen molar-refractivity contribution in [2.75, 3.05) is 7.11 Å². The molecule has 1 fully saturated rings. The van der Waals surface area contributed by atoms with Crippen LogP contribution in [0.15, 0.2) is 41.3 Å². The van der Waals surface area contributed by atoms with Crippen LogP contribution in [0.3, 0.4) is 0 Å². The SMILES string of the molecule is COC(=O)c1ccc(-c2cn(CC3(F)CCC(C)(F)CC3)c3cc(-c4c(C)noc4C)cnc23)cn1. The van der Waals surface area contributed by atoms with E-state index in [1.54, 1.807) is 31.5 Å². The third-order valence-corrected chi connectivity index (χ3v) is 7.15. The van der Waals surface area contributed by atoms with Gasteiger partial charge in [-0.2, -0.15) is 0 Å². The van der Waals surface area contributed by atoms with E-state index < -0.39 is 17.3 Å². The van der Waals surface area contributed by atoms with Crippen LogP contribution in [-0.4, -0.2) is 44.1 Å². The second kappa shape index (κ2) is 8.80. The van der Waals surface area contributed by atoms with Gasteiger partial charge in [0.1, 0.15) is 22.8 Å². The fraction of sp³-hybridized carbons (Fsp3) is 0.407. The van der Waals surface area contributed by atoms with E-state index in [0.29, 0.717) is 11.3 Å². The molecule has 5 rings (SSSR count). The molecule has 0 radical (unpaired) electrons. The van der Waals surface area contributed by atoms with Crippen molar-refractivity contribution in [2.45, 2.75) is 64.3 Å². The number of carbonyl (C=O) groups is 1. The van der Waals surface area contributed by atoms with Gasteiger partial charge in [0.05, 0.1) is 30.4 Å². The minimum Gasteiger partial charge on any atom is -0.464 e. The van der Waals surface area contributed by atoms with Gasteiger partial charge >= 0.3 is 5.97 Å². The summed E-state index contributed by atoms with van der Waals surface area (Å²) < 4.78 is 42.2. The molecular weight excluding hydrogens is 466 g/mol. The van der Waals surface area contributed by atoms with Crippen molar-refractivity contribution in [3.8, 4) is 22.3 Å². The Morgan fingerprint density at radius 2 is 1.83 bits per heavy atom. The molecule has 0 N–H and O–H groups in total. The van der Waals surface area contributed by atoms with Crippen molar-refractivity contribution in [1.82, 2.24) is 19.7 Å². The normalized spacial score (nSPS) is 22.2. The number of aryl methyl sites for hydroxylation is 2. The van der Waals surface area contributed by atoms with Gasteiger partial charge in [-0.3, -0.25) is 4.98 Å². The molecule has 0 aromatic carbocycles. The lowest BCUT2D eigenvalue weighted by molar-refractivity contribution is 0.0132. The van der Waals surface area contributed by atoms with Crippen molar-refractivity contribution >= 4 is 17.0 Å². The molecule has 0 atom stereocenters. The zero-order chi connectivity index (χ0) is 25.7.